The molecule has 0 radical (unpaired) electrons. The number of rotatable bonds is 6. The number of benzene rings is 2. The second-order valence-corrected chi connectivity index (χ2v) is 8.66. The Labute approximate surface area is 173 Å². The van der Waals surface area contributed by atoms with Crippen molar-refractivity contribution < 1.29 is 17.7 Å². The minimum absolute atomic E-state index is 0.0828. The second kappa shape index (κ2) is 8.22. The van der Waals surface area contributed by atoms with Crippen molar-refractivity contribution in [3.8, 4) is 11.4 Å². The third-order valence-corrected chi connectivity index (χ3v) is 5.08. The van der Waals surface area contributed by atoms with Crippen LogP contribution in [-0.4, -0.2) is 42.7 Å². The van der Waals surface area contributed by atoms with Crippen molar-refractivity contribution in [1.29, 1.82) is 0 Å². The number of sulfonamides is 1. The number of anilines is 1. The average molecular weight is 435 g/mol. The molecule has 1 heterocycles. The van der Waals surface area contributed by atoms with Gasteiger partial charge in [-0.2, -0.15) is 4.98 Å². The maximum atomic E-state index is 12.9. The SMILES string of the molecule is Cc1c(NS(C)(=O)=O)cccc1C(=O)N(C)Cc1nc(-c2ccccc2Cl)no1. The predicted octanol–water partition coefficient (Wildman–Crippen LogP) is 3.34. The maximum absolute atomic E-state index is 12.9. The lowest BCUT2D eigenvalue weighted by Gasteiger charge is -2.18. The summed E-state index contributed by atoms with van der Waals surface area (Å²) < 4.78 is 30.7. The summed E-state index contributed by atoms with van der Waals surface area (Å²) in [6, 6.07) is 12.0. The predicted molar refractivity (Wildman–Crippen MR) is 110 cm³/mol. The zero-order chi connectivity index (χ0) is 21.2. The summed E-state index contributed by atoms with van der Waals surface area (Å²) in [7, 11) is -1.86. The first-order chi connectivity index (χ1) is 13.7. The van der Waals surface area contributed by atoms with Crippen LogP contribution in [0.1, 0.15) is 21.8 Å². The molecule has 0 saturated carbocycles. The smallest absolute Gasteiger partial charge is 0.254 e. The van der Waals surface area contributed by atoms with E-state index in [9.17, 15) is 13.2 Å². The molecule has 0 bridgehead atoms. The fourth-order valence-corrected chi connectivity index (χ4v) is 3.57. The number of hydrogen-bond donors (Lipinski definition) is 1. The number of nitrogens with one attached hydrogen (secondary N) is 1. The molecule has 0 aliphatic carbocycles. The summed E-state index contributed by atoms with van der Waals surface area (Å²) in [5.41, 5.74) is 1.88. The number of hydrogen-bond acceptors (Lipinski definition) is 6. The topological polar surface area (TPSA) is 105 Å². The molecule has 0 fully saturated rings. The van der Waals surface area contributed by atoms with Gasteiger partial charge in [0, 0.05) is 18.2 Å². The van der Waals surface area contributed by atoms with Gasteiger partial charge in [-0.05, 0) is 36.8 Å². The molecule has 0 aliphatic rings. The van der Waals surface area contributed by atoms with Crippen LogP contribution in [0.5, 0.6) is 0 Å². The maximum Gasteiger partial charge on any atom is 0.254 e. The molecule has 29 heavy (non-hydrogen) atoms. The van der Waals surface area contributed by atoms with Gasteiger partial charge in [0.15, 0.2) is 0 Å². The van der Waals surface area contributed by atoms with E-state index >= 15 is 0 Å². The van der Waals surface area contributed by atoms with Crippen LogP contribution in [0.15, 0.2) is 47.0 Å². The van der Waals surface area contributed by atoms with Crippen LogP contribution in [0.25, 0.3) is 11.4 Å². The van der Waals surface area contributed by atoms with E-state index in [-0.39, 0.29) is 18.3 Å². The third kappa shape index (κ3) is 4.93. The van der Waals surface area contributed by atoms with Crippen LogP contribution in [0.2, 0.25) is 5.02 Å². The summed E-state index contributed by atoms with van der Waals surface area (Å²) >= 11 is 6.15. The van der Waals surface area contributed by atoms with Crippen LogP contribution in [-0.2, 0) is 16.6 Å². The van der Waals surface area contributed by atoms with Crippen LogP contribution in [0.4, 0.5) is 5.69 Å². The van der Waals surface area contributed by atoms with E-state index in [1.54, 1.807) is 50.4 Å². The molecule has 152 valence electrons. The molecular weight excluding hydrogens is 416 g/mol. The monoisotopic (exact) mass is 434 g/mol. The lowest BCUT2D eigenvalue weighted by molar-refractivity contribution is 0.0769. The Kier molecular flexibility index (Phi) is 5.90. The van der Waals surface area contributed by atoms with Gasteiger partial charge in [-0.1, -0.05) is 35.0 Å². The summed E-state index contributed by atoms with van der Waals surface area (Å²) in [6.45, 7) is 1.76. The first-order valence-corrected chi connectivity index (χ1v) is 10.8. The zero-order valence-electron chi connectivity index (χ0n) is 16.0. The molecule has 1 amide bonds. The lowest BCUT2D eigenvalue weighted by Crippen LogP contribution is -2.27. The van der Waals surface area contributed by atoms with Crippen molar-refractivity contribution in [2.45, 2.75) is 13.5 Å². The molecule has 3 aromatic rings. The van der Waals surface area contributed by atoms with Crippen LogP contribution in [0.3, 0.4) is 0 Å². The summed E-state index contributed by atoms with van der Waals surface area (Å²) in [5, 5.41) is 4.41. The van der Waals surface area contributed by atoms with E-state index in [0.29, 0.717) is 33.2 Å². The van der Waals surface area contributed by atoms with Gasteiger partial charge in [-0.25, -0.2) is 8.42 Å². The van der Waals surface area contributed by atoms with Crippen LogP contribution >= 0.6 is 11.6 Å². The highest BCUT2D eigenvalue weighted by Crippen LogP contribution is 2.25. The molecule has 1 aromatic heterocycles. The largest absolute Gasteiger partial charge is 0.337 e. The van der Waals surface area contributed by atoms with E-state index in [4.69, 9.17) is 16.1 Å². The standard InChI is InChI=1S/C19H19ClN4O4S/c1-12-13(8-6-10-16(12)23-29(3,26)27)19(25)24(2)11-17-21-18(22-28-17)14-7-4-5-9-15(14)20/h4-10,23H,11H2,1-3H3. The Hall–Kier alpha value is -2.91. The highest BCUT2D eigenvalue weighted by atomic mass is 35.5. The Morgan fingerprint density at radius 2 is 1.93 bits per heavy atom. The quantitative estimate of drug-likeness (QED) is 0.637. The Morgan fingerprint density at radius 3 is 2.62 bits per heavy atom. The van der Waals surface area contributed by atoms with Crippen molar-refractivity contribution in [1.82, 2.24) is 15.0 Å². The normalized spacial score (nSPS) is 11.3. The second-order valence-electron chi connectivity index (χ2n) is 6.51. The van der Waals surface area contributed by atoms with Crippen molar-refractivity contribution >= 4 is 33.2 Å². The van der Waals surface area contributed by atoms with Crippen LogP contribution in [0, 0.1) is 6.92 Å². The van der Waals surface area contributed by atoms with Crippen molar-refractivity contribution in [3.63, 3.8) is 0 Å². The van der Waals surface area contributed by atoms with Crippen molar-refractivity contribution in [3.05, 3.63) is 64.5 Å². The minimum Gasteiger partial charge on any atom is -0.337 e. The number of halogens is 1. The van der Waals surface area contributed by atoms with Gasteiger partial charge in [0.2, 0.25) is 21.7 Å². The number of aromatic nitrogens is 2. The van der Waals surface area contributed by atoms with Gasteiger partial charge in [0.1, 0.15) is 0 Å². The number of carbonyl (C=O) groups excluding carboxylic acids is 1. The van der Waals surface area contributed by atoms with E-state index in [1.165, 1.54) is 4.90 Å². The molecular formula is C19H19ClN4O4S. The van der Waals surface area contributed by atoms with Gasteiger partial charge in [-0.3, -0.25) is 9.52 Å². The summed E-state index contributed by atoms with van der Waals surface area (Å²) in [5.74, 6) is 0.276. The Bertz CT molecular complexity index is 1160. The highest BCUT2D eigenvalue weighted by molar-refractivity contribution is 7.92. The van der Waals surface area contributed by atoms with Crippen molar-refractivity contribution in [2.75, 3.05) is 18.0 Å². The molecule has 0 saturated heterocycles. The molecule has 1 N–H and O–H groups in total. The molecule has 0 atom stereocenters. The van der Waals surface area contributed by atoms with Gasteiger partial charge < -0.3 is 9.42 Å². The Balaban J connectivity index is 1.78. The lowest BCUT2D eigenvalue weighted by atomic mass is 10.1. The van der Waals surface area contributed by atoms with E-state index in [2.05, 4.69) is 14.9 Å². The average Bonchev–Trinajstić information content (AvgIpc) is 3.10. The van der Waals surface area contributed by atoms with E-state index in [0.717, 1.165) is 6.26 Å². The molecule has 0 unspecified atom stereocenters. The van der Waals surface area contributed by atoms with Crippen molar-refractivity contribution in [2.24, 2.45) is 0 Å². The number of carbonyl (C=O) groups is 1. The molecule has 2 aromatic carbocycles. The first-order valence-electron chi connectivity index (χ1n) is 8.56. The molecule has 0 spiro atoms. The minimum atomic E-state index is -3.46. The molecule has 10 heteroatoms. The summed E-state index contributed by atoms with van der Waals surface area (Å²) in [4.78, 5) is 18.6. The zero-order valence-corrected chi connectivity index (χ0v) is 17.6. The molecule has 8 nitrogen and oxygen atoms in total. The van der Waals surface area contributed by atoms with Gasteiger partial charge in [0.25, 0.3) is 5.91 Å². The highest BCUT2D eigenvalue weighted by Gasteiger charge is 2.20. The molecule has 3 rings (SSSR count). The fraction of sp³-hybridized carbons (Fsp3) is 0.211. The fourth-order valence-electron chi connectivity index (χ4n) is 2.73. The van der Waals surface area contributed by atoms with Gasteiger partial charge >= 0.3 is 0 Å². The van der Waals surface area contributed by atoms with E-state index in [1.807, 2.05) is 6.07 Å². The van der Waals surface area contributed by atoms with E-state index < -0.39 is 10.0 Å². The van der Waals surface area contributed by atoms with Gasteiger partial charge in [-0.15, -0.1) is 0 Å². The van der Waals surface area contributed by atoms with Crippen LogP contribution < -0.4 is 4.72 Å². The first kappa shape index (κ1) is 20.8. The third-order valence-electron chi connectivity index (χ3n) is 4.16. The number of nitrogens with zero attached hydrogens (tertiary/aromatic N) is 3. The van der Waals surface area contributed by atoms with Gasteiger partial charge in [0.05, 0.1) is 23.5 Å². The Morgan fingerprint density at radius 1 is 1.21 bits per heavy atom. The number of amides is 1. The summed E-state index contributed by atoms with van der Waals surface area (Å²) in [6.07, 6.45) is 1.05. The molecule has 0 aliphatic heterocycles.